The van der Waals surface area contributed by atoms with Crippen LogP contribution in [0, 0.1) is 5.41 Å². The SMILES string of the molecule is C=C(/C=C\C=N)NC(=O)c1cc2ccccc2[nH]1. The Morgan fingerprint density at radius 1 is 1.39 bits per heavy atom. The number of H-pyrrole nitrogens is 1. The van der Waals surface area contributed by atoms with Crippen LogP contribution in [0.15, 0.2) is 54.8 Å². The molecule has 0 saturated heterocycles. The third kappa shape index (κ3) is 2.55. The zero-order chi connectivity index (χ0) is 13.0. The molecule has 90 valence electrons. The van der Waals surface area contributed by atoms with E-state index in [0.29, 0.717) is 11.4 Å². The molecule has 0 radical (unpaired) electrons. The van der Waals surface area contributed by atoms with Crippen LogP contribution in [-0.2, 0) is 0 Å². The van der Waals surface area contributed by atoms with E-state index in [0.717, 1.165) is 17.1 Å². The van der Waals surface area contributed by atoms with Gasteiger partial charge in [0.15, 0.2) is 0 Å². The molecule has 4 heteroatoms. The van der Waals surface area contributed by atoms with Crippen LogP contribution in [0.5, 0.6) is 0 Å². The maximum absolute atomic E-state index is 11.9. The number of hydrogen-bond donors (Lipinski definition) is 3. The highest BCUT2D eigenvalue weighted by Gasteiger charge is 2.08. The van der Waals surface area contributed by atoms with Gasteiger partial charge in [-0.3, -0.25) is 4.79 Å². The number of aromatic nitrogens is 1. The lowest BCUT2D eigenvalue weighted by Crippen LogP contribution is -2.21. The van der Waals surface area contributed by atoms with E-state index in [-0.39, 0.29) is 5.91 Å². The molecule has 0 aliphatic carbocycles. The van der Waals surface area contributed by atoms with Crippen molar-refractivity contribution in [3.63, 3.8) is 0 Å². The number of allylic oxidation sites excluding steroid dienone is 2. The fraction of sp³-hybridized carbons (Fsp3) is 0. The van der Waals surface area contributed by atoms with Crippen molar-refractivity contribution in [2.75, 3.05) is 0 Å². The third-order valence-electron chi connectivity index (χ3n) is 2.44. The average Bonchev–Trinajstić information content (AvgIpc) is 2.80. The predicted molar refractivity (Wildman–Crippen MR) is 72.8 cm³/mol. The van der Waals surface area contributed by atoms with Gasteiger partial charge >= 0.3 is 0 Å². The van der Waals surface area contributed by atoms with Crippen LogP contribution >= 0.6 is 0 Å². The van der Waals surface area contributed by atoms with Gasteiger partial charge in [-0.2, -0.15) is 0 Å². The van der Waals surface area contributed by atoms with E-state index < -0.39 is 0 Å². The summed E-state index contributed by atoms with van der Waals surface area (Å²) in [4.78, 5) is 14.9. The zero-order valence-electron chi connectivity index (χ0n) is 9.73. The van der Waals surface area contributed by atoms with Crippen LogP contribution in [0.4, 0.5) is 0 Å². The Morgan fingerprint density at radius 3 is 2.89 bits per heavy atom. The van der Waals surface area contributed by atoms with Crippen molar-refractivity contribution < 1.29 is 4.79 Å². The van der Waals surface area contributed by atoms with Gasteiger partial charge in [0.25, 0.3) is 5.91 Å². The van der Waals surface area contributed by atoms with E-state index in [9.17, 15) is 4.79 Å². The van der Waals surface area contributed by atoms with Crippen molar-refractivity contribution in [3.8, 4) is 0 Å². The number of hydrogen-bond acceptors (Lipinski definition) is 2. The highest BCUT2D eigenvalue weighted by molar-refractivity contribution is 5.98. The van der Waals surface area contributed by atoms with Crippen molar-refractivity contribution >= 4 is 23.0 Å². The summed E-state index contributed by atoms with van der Waals surface area (Å²) in [6.45, 7) is 3.68. The van der Waals surface area contributed by atoms with Crippen LogP contribution in [0.25, 0.3) is 10.9 Å². The second-order valence-electron chi connectivity index (χ2n) is 3.78. The van der Waals surface area contributed by atoms with Crippen LogP contribution in [0.2, 0.25) is 0 Å². The molecule has 1 amide bonds. The summed E-state index contributed by atoms with van der Waals surface area (Å²) in [7, 11) is 0. The molecular formula is C14H13N3O. The second-order valence-corrected chi connectivity index (χ2v) is 3.78. The second kappa shape index (κ2) is 5.14. The largest absolute Gasteiger partial charge is 0.351 e. The first-order valence-corrected chi connectivity index (χ1v) is 5.46. The fourth-order valence-electron chi connectivity index (χ4n) is 1.61. The summed E-state index contributed by atoms with van der Waals surface area (Å²) in [5.41, 5.74) is 1.85. The molecule has 0 unspecified atom stereocenters. The fourth-order valence-corrected chi connectivity index (χ4v) is 1.61. The van der Waals surface area contributed by atoms with Gasteiger partial charge in [-0.05, 0) is 24.3 Å². The number of para-hydroxylation sites is 1. The van der Waals surface area contributed by atoms with E-state index in [4.69, 9.17) is 5.41 Å². The van der Waals surface area contributed by atoms with Gasteiger partial charge < -0.3 is 15.7 Å². The Labute approximate surface area is 105 Å². The number of carbonyl (C=O) groups excluding carboxylic acids is 1. The Bertz CT molecular complexity index is 604. The zero-order valence-corrected chi connectivity index (χ0v) is 9.73. The topological polar surface area (TPSA) is 68.7 Å². The van der Waals surface area contributed by atoms with Crippen LogP contribution in [-0.4, -0.2) is 17.1 Å². The monoisotopic (exact) mass is 239 g/mol. The smallest absolute Gasteiger partial charge is 0.272 e. The van der Waals surface area contributed by atoms with Crippen molar-refractivity contribution in [2.24, 2.45) is 0 Å². The van der Waals surface area contributed by atoms with Gasteiger partial charge in [-0.15, -0.1) is 0 Å². The lowest BCUT2D eigenvalue weighted by Gasteiger charge is -2.01. The number of benzene rings is 1. The van der Waals surface area contributed by atoms with E-state index in [1.54, 1.807) is 12.1 Å². The molecular weight excluding hydrogens is 226 g/mol. The number of carbonyl (C=O) groups is 1. The summed E-state index contributed by atoms with van der Waals surface area (Å²) in [6, 6.07) is 9.47. The van der Waals surface area contributed by atoms with Crippen molar-refractivity contribution in [1.29, 1.82) is 5.41 Å². The van der Waals surface area contributed by atoms with Gasteiger partial charge in [0.2, 0.25) is 0 Å². The summed E-state index contributed by atoms with van der Waals surface area (Å²) in [5.74, 6) is -0.245. The van der Waals surface area contributed by atoms with Gasteiger partial charge in [0, 0.05) is 22.8 Å². The van der Waals surface area contributed by atoms with E-state index in [1.165, 1.54) is 6.08 Å². The van der Waals surface area contributed by atoms with Gasteiger partial charge in [-0.1, -0.05) is 24.8 Å². The highest BCUT2D eigenvalue weighted by Crippen LogP contribution is 2.14. The summed E-state index contributed by atoms with van der Waals surface area (Å²) >= 11 is 0. The molecule has 0 bridgehead atoms. The molecule has 0 aliphatic heterocycles. The van der Waals surface area contributed by atoms with Gasteiger partial charge in [0.1, 0.15) is 5.69 Å². The maximum atomic E-state index is 11.9. The van der Waals surface area contributed by atoms with E-state index in [2.05, 4.69) is 16.9 Å². The molecule has 3 N–H and O–H groups in total. The molecule has 1 aromatic carbocycles. The van der Waals surface area contributed by atoms with Gasteiger partial charge in [-0.25, -0.2) is 0 Å². The van der Waals surface area contributed by atoms with Crippen molar-refractivity contribution in [2.45, 2.75) is 0 Å². The Hall–Kier alpha value is -2.62. The molecule has 1 heterocycles. The number of rotatable bonds is 4. The molecule has 0 saturated carbocycles. The van der Waals surface area contributed by atoms with Crippen LogP contribution < -0.4 is 5.32 Å². The van der Waals surface area contributed by atoms with Gasteiger partial charge in [0.05, 0.1) is 0 Å². The molecule has 0 fully saturated rings. The Morgan fingerprint density at radius 2 is 2.17 bits per heavy atom. The van der Waals surface area contributed by atoms with Crippen LogP contribution in [0.1, 0.15) is 10.5 Å². The molecule has 0 aliphatic rings. The van der Waals surface area contributed by atoms with Crippen molar-refractivity contribution in [3.05, 3.63) is 60.5 Å². The minimum Gasteiger partial charge on any atom is -0.351 e. The number of fused-ring (bicyclic) bond motifs is 1. The summed E-state index contributed by atoms with van der Waals surface area (Å²) < 4.78 is 0. The van der Waals surface area contributed by atoms with Crippen LogP contribution in [0.3, 0.4) is 0 Å². The minimum absolute atomic E-state index is 0.245. The molecule has 0 spiro atoms. The highest BCUT2D eigenvalue weighted by atomic mass is 16.1. The van der Waals surface area contributed by atoms with E-state index >= 15 is 0 Å². The molecule has 4 nitrogen and oxygen atoms in total. The number of aromatic amines is 1. The first-order chi connectivity index (χ1) is 8.70. The standard InChI is InChI=1S/C14H13N3O/c1-10(5-4-8-15)16-14(18)13-9-11-6-2-3-7-12(11)17-13/h2-9,15,17H,1H2,(H,16,18)/b5-4-,15-8?. The summed E-state index contributed by atoms with van der Waals surface area (Å²) in [6.07, 6.45) is 4.18. The third-order valence-corrected chi connectivity index (χ3v) is 2.44. The molecule has 1 aromatic heterocycles. The normalized spacial score (nSPS) is 10.7. The number of amides is 1. The predicted octanol–water partition coefficient (Wildman–Crippen LogP) is 2.62. The lowest BCUT2D eigenvalue weighted by atomic mass is 10.2. The minimum atomic E-state index is -0.245. The lowest BCUT2D eigenvalue weighted by molar-refractivity contribution is 0.0963. The first kappa shape index (κ1) is 11.9. The molecule has 2 rings (SSSR count). The average molecular weight is 239 g/mol. The molecule has 18 heavy (non-hydrogen) atoms. The Kier molecular flexibility index (Phi) is 3.38. The summed E-state index contributed by atoms with van der Waals surface area (Å²) in [5, 5.41) is 10.5. The Balaban J connectivity index is 2.16. The molecule has 0 atom stereocenters. The van der Waals surface area contributed by atoms with Crippen molar-refractivity contribution in [1.82, 2.24) is 10.3 Å². The maximum Gasteiger partial charge on any atom is 0.272 e. The molecule has 2 aromatic rings. The first-order valence-electron chi connectivity index (χ1n) is 5.46. The number of nitrogens with one attached hydrogen (secondary N) is 3. The quantitative estimate of drug-likeness (QED) is 0.557. The van der Waals surface area contributed by atoms with E-state index in [1.807, 2.05) is 24.3 Å².